The molecule has 0 atom stereocenters. The Morgan fingerprint density at radius 3 is 1.70 bits per heavy atom. The fraction of sp³-hybridized carbons (Fsp3) is 0.600. The van der Waals surface area contributed by atoms with Crippen LogP contribution in [0.15, 0.2) is 43.0 Å². The summed E-state index contributed by atoms with van der Waals surface area (Å²) >= 11 is 0. The fourth-order valence-corrected chi connectivity index (χ4v) is 1.94. The van der Waals surface area contributed by atoms with Crippen molar-refractivity contribution in [1.82, 2.24) is 0 Å². The van der Waals surface area contributed by atoms with Gasteiger partial charge in [-0.1, -0.05) is 84.2 Å². The topological polar surface area (TPSA) is 43.1 Å². The Bertz CT molecular complexity index is 472. The molecule has 2 heteroatoms. The highest BCUT2D eigenvalue weighted by molar-refractivity contribution is 5.38. The monoisotopic (exact) mass is 375 g/mol. The van der Waals surface area contributed by atoms with Crippen LogP contribution in [-0.4, -0.2) is 12.5 Å². The number of carbonyl (C=O) groups excluding carboxylic acids is 1. The minimum Gasteiger partial charge on any atom is -0.330 e. The van der Waals surface area contributed by atoms with Gasteiger partial charge in [0.25, 0.3) is 0 Å². The van der Waals surface area contributed by atoms with Crippen molar-refractivity contribution in [1.29, 1.82) is 0 Å². The van der Waals surface area contributed by atoms with Crippen molar-refractivity contribution in [3.8, 4) is 0 Å². The molecule has 2 N–H and O–H groups in total. The second-order valence-corrected chi connectivity index (χ2v) is 7.69. The number of aryl methyl sites for hydroxylation is 1. The lowest BCUT2D eigenvalue weighted by Crippen LogP contribution is -2.10. The number of allylic oxidation sites excluding steroid dienone is 1. The summed E-state index contributed by atoms with van der Waals surface area (Å²) in [6.45, 7) is 22.6. The summed E-state index contributed by atoms with van der Waals surface area (Å²) in [7, 11) is 0. The summed E-state index contributed by atoms with van der Waals surface area (Å²) in [5, 5.41) is 0. The molecule has 0 aliphatic heterocycles. The van der Waals surface area contributed by atoms with Crippen LogP contribution in [0.25, 0.3) is 0 Å². The first-order chi connectivity index (χ1) is 12.6. The van der Waals surface area contributed by atoms with Gasteiger partial charge in [-0.3, -0.25) is 0 Å². The molecule has 0 aliphatic rings. The molecule has 0 fully saturated rings. The van der Waals surface area contributed by atoms with E-state index < -0.39 is 0 Å². The molecule has 0 radical (unpaired) electrons. The van der Waals surface area contributed by atoms with Crippen LogP contribution in [0.4, 0.5) is 0 Å². The predicted octanol–water partition coefficient (Wildman–Crippen LogP) is 7.05. The summed E-state index contributed by atoms with van der Waals surface area (Å²) in [6, 6.07) is 9.02. The van der Waals surface area contributed by atoms with Crippen LogP contribution >= 0.6 is 0 Å². The molecule has 0 bridgehead atoms. The van der Waals surface area contributed by atoms with Gasteiger partial charge in [0, 0.05) is 0 Å². The van der Waals surface area contributed by atoms with Gasteiger partial charge in [-0.05, 0) is 62.3 Å². The zero-order valence-electron chi connectivity index (χ0n) is 19.2. The van der Waals surface area contributed by atoms with Crippen LogP contribution in [0.1, 0.15) is 91.7 Å². The first-order valence-electron chi connectivity index (χ1n) is 10.2. The normalized spacial score (nSPS) is 9.33. The standard InChI is InChI=1S/C13H20.C7H14.C3H9N.C2H2O/c1-5-6-11-7-9-12(10-8-11)13(2,3)4;1-4-5-6-7(2)3;1-2-3-4;1-2-3/h7-10H,5-6H2,1-4H3;2,4-6H2,1,3H3;2-4H2,1H3;1H2. The molecule has 1 aromatic rings. The molecule has 2 nitrogen and oxygen atoms in total. The number of rotatable bonds is 6. The minimum atomic E-state index is 0.282. The lowest BCUT2D eigenvalue weighted by atomic mass is 9.86. The number of hydrogen-bond donors (Lipinski definition) is 1. The zero-order chi connectivity index (χ0) is 21.7. The van der Waals surface area contributed by atoms with E-state index in [-0.39, 0.29) is 5.41 Å². The lowest BCUT2D eigenvalue weighted by Gasteiger charge is -2.19. The van der Waals surface area contributed by atoms with Crippen molar-refractivity contribution in [2.24, 2.45) is 5.73 Å². The van der Waals surface area contributed by atoms with Crippen LogP contribution in [0.3, 0.4) is 0 Å². The Morgan fingerprint density at radius 1 is 1.04 bits per heavy atom. The average Bonchev–Trinajstić information content (AvgIpc) is 2.61. The molecule has 0 spiro atoms. The van der Waals surface area contributed by atoms with E-state index in [0.29, 0.717) is 0 Å². The van der Waals surface area contributed by atoms with Gasteiger partial charge in [0.15, 0.2) is 0 Å². The van der Waals surface area contributed by atoms with Crippen molar-refractivity contribution in [3.63, 3.8) is 0 Å². The molecule has 0 aromatic heterocycles. The Labute approximate surface area is 170 Å². The molecule has 0 saturated heterocycles. The Morgan fingerprint density at radius 2 is 1.48 bits per heavy atom. The van der Waals surface area contributed by atoms with Gasteiger partial charge in [-0.2, -0.15) is 0 Å². The summed E-state index contributed by atoms with van der Waals surface area (Å²) in [5.41, 5.74) is 9.50. The van der Waals surface area contributed by atoms with Crippen LogP contribution in [0, 0.1) is 0 Å². The summed E-state index contributed by atoms with van der Waals surface area (Å²) < 4.78 is 0. The van der Waals surface area contributed by atoms with Gasteiger partial charge in [0.1, 0.15) is 5.94 Å². The number of hydrogen-bond acceptors (Lipinski definition) is 2. The van der Waals surface area contributed by atoms with Crippen LogP contribution in [0.2, 0.25) is 0 Å². The molecular weight excluding hydrogens is 330 g/mol. The second-order valence-electron chi connectivity index (χ2n) is 7.69. The van der Waals surface area contributed by atoms with E-state index in [1.807, 2.05) is 0 Å². The highest BCUT2D eigenvalue weighted by Gasteiger charge is 2.12. The van der Waals surface area contributed by atoms with Gasteiger partial charge in [-0.15, -0.1) is 6.58 Å². The average molecular weight is 376 g/mol. The molecule has 1 aromatic carbocycles. The molecule has 27 heavy (non-hydrogen) atoms. The lowest BCUT2D eigenvalue weighted by molar-refractivity contribution is 0.569. The van der Waals surface area contributed by atoms with E-state index in [1.54, 1.807) is 0 Å². The maximum atomic E-state index is 8.57. The zero-order valence-corrected chi connectivity index (χ0v) is 19.2. The van der Waals surface area contributed by atoms with Crippen molar-refractivity contribution < 1.29 is 4.79 Å². The van der Waals surface area contributed by atoms with E-state index in [2.05, 4.69) is 85.9 Å². The Balaban J connectivity index is -0.000000346. The molecular formula is C25H45NO. The van der Waals surface area contributed by atoms with Crippen molar-refractivity contribution in [2.45, 2.75) is 92.4 Å². The van der Waals surface area contributed by atoms with Crippen LogP contribution in [-0.2, 0) is 16.6 Å². The van der Waals surface area contributed by atoms with Gasteiger partial charge >= 0.3 is 0 Å². The molecule has 1 rings (SSSR count). The minimum absolute atomic E-state index is 0.282. The molecule has 0 heterocycles. The molecule has 0 unspecified atom stereocenters. The van der Waals surface area contributed by atoms with Gasteiger partial charge < -0.3 is 5.73 Å². The molecule has 0 amide bonds. The molecule has 0 aliphatic carbocycles. The first-order valence-corrected chi connectivity index (χ1v) is 10.2. The quantitative estimate of drug-likeness (QED) is 0.427. The van der Waals surface area contributed by atoms with E-state index in [0.717, 1.165) is 13.0 Å². The fourth-order valence-electron chi connectivity index (χ4n) is 1.94. The Kier molecular flexibility index (Phi) is 23.1. The van der Waals surface area contributed by atoms with E-state index in [9.17, 15) is 0 Å². The van der Waals surface area contributed by atoms with E-state index >= 15 is 0 Å². The number of benzene rings is 1. The largest absolute Gasteiger partial charge is 0.330 e. The second kappa shape index (κ2) is 20.7. The summed E-state index contributed by atoms with van der Waals surface area (Å²) in [4.78, 5) is 8.57. The maximum Gasteiger partial charge on any atom is 0.116 e. The third-order valence-electron chi connectivity index (χ3n) is 3.60. The first kappa shape index (κ1) is 30.1. The van der Waals surface area contributed by atoms with Crippen LogP contribution in [0.5, 0.6) is 0 Å². The van der Waals surface area contributed by atoms with Crippen molar-refractivity contribution in [2.75, 3.05) is 6.54 Å². The SMILES string of the molecule is C=C(C)CCCC.C=C=O.CCCN.CCCc1ccc(C(C)(C)C)cc1. The summed E-state index contributed by atoms with van der Waals surface area (Å²) in [5.74, 6) is 1.25. The predicted molar refractivity (Wildman–Crippen MR) is 124 cm³/mol. The highest BCUT2D eigenvalue weighted by Crippen LogP contribution is 2.22. The van der Waals surface area contributed by atoms with E-state index in [4.69, 9.17) is 10.5 Å². The third-order valence-corrected chi connectivity index (χ3v) is 3.60. The van der Waals surface area contributed by atoms with Crippen LogP contribution < -0.4 is 5.73 Å². The smallest absolute Gasteiger partial charge is 0.116 e. The van der Waals surface area contributed by atoms with Gasteiger partial charge in [0.05, 0.1) is 0 Å². The van der Waals surface area contributed by atoms with Gasteiger partial charge in [-0.25, -0.2) is 4.79 Å². The van der Waals surface area contributed by atoms with E-state index in [1.165, 1.54) is 54.7 Å². The van der Waals surface area contributed by atoms with Crippen molar-refractivity contribution >= 4 is 5.94 Å². The number of unbranched alkanes of at least 4 members (excludes halogenated alkanes) is 1. The highest BCUT2D eigenvalue weighted by atomic mass is 16.1. The van der Waals surface area contributed by atoms with Gasteiger partial charge in [0.2, 0.25) is 0 Å². The molecule has 0 saturated carbocycles. The number of nitrogens with two attached hydrogens (primary N) is 1. The third kappa shape index (κ3) is 24.4. The summed E-state index contributed by atoms with van der Waals surface area (Å²) in [6.07, 6.45) is 7.32. The maximum absolute atomic E-state index is 8.57. The molecule has 156 valence electrons. The Hall–Kier alpha value is -1.63. The van der Waals surface area contributed by atoms with Crippen molar-refractivity contribution in [3.05, 3.63) is 54.1 Å².